The molecule has 0 fully saturated rings. The molecule has 0 amide bonds. The summed E-state index contributed by atoms with van der Waals surface area (Å²) in [4.78, 5) is 6.33. The summed E-state index contributed by atoms with van der Waals surface area (Å²) >= 11 is 5.54. The van der Waals surface area contributed by atoms with Crippen LogP contribution in [0.3, 0.4) is 0 Å². The van der Waals surface area contributed by atoms with E-state index in [1.54, 1.807) is 10.8 Å². The molecule has 0 unspecified atom stereocenters. The number of aromatic nitrogens is 2. The lowest BCUT2D eigenvalue weighted by molar-refractivity contribution is 0.328. The van der Waals surface area contributed by atoms with Crippen LogP contribution in [-0.4, -0.2) is 40.6 Å². The van der Waals surface area contributed by atoms with Gasteiger partial charge in [0, 0.05) is 12.6 Å². The van der Waals surface area contributed by atoms with Crippen molar-refractivity contribution in [3.63, 3.8) is 0 Å². The van der Waals surface area contributed by atoms with Crippen LogP contribution in [0, 0.1) is 5.82 Å². The molecule has 0 aliphatic heterocycles. The zero-order valence-corrected chi connectivity index (χ0v) is 20.7. The lowest BCUT2D eigenvalue weighted by Crippen LogP contribution is -2.43. The Morgan fingerprint density at radius 3 is 2.39 bits per heavy atom. The van der Waals surface area contributed by atoms with Gasteiger partial charge in [-0.1, -0.05) is 42.5 Å². The average Bonchev–Trinajstić information content (AvgIpc) is 3.17. The monoisotopic (exact) mass is 488 g/mol. The first kappa shape index (κ1) is 24.9. The van der Waals surface area contributed by atoms with E-state index in [4.69, 9.17) is 12.2 Å². The Hall–Kier alpha value is -2.78. The number of nitrogens with zero attached hydrogens (tertiary/aromatic N) is 3. The first-order valence-corrected chi connectivity index (χ1v) is 12.9. The van der Waals surface area contributed by atoms with Crippen LogP contribution in [0.5, 0.6) is 0 Å². The van der Waals surface area contributed by atoms with Gasteiger partial charge in [0.15, 0.2) is 5.11 Å². The van der Waals surface area contributed by atoms with E-state index in [1.165, 1.54) is 24.3 Å². The van der Waals surface area contributed by atoms with Gasteiger partial charge in [-0.2, -0.15) is 0 Å². The van der Waals surface area contributed by atoms with Crippen LogP contribution in [-0.2, 0) is 28.7 Å². The highest BCUT2D eigenvalue weighted by Gasteiger charge is 2.26. The molecule has 0 spiro atoms. The van der Waals surface area contributed by atoms with Crippen molar-refractivity contribution in [3.05, 3.63) is 83.4 Å². The van der Waals surface area contributed by atoms with E-state index in [2.05, 4.69) is 10.3 Å². The number of imidazole rings is 1. The maximum absolute atomic E-state index is 13.3. The molecule has 0 saturated carbocycles. The standard InChI is InChI=1S/C24H29FN4O2S2/c1-4-26-23(32)28(18(2)3)16-22-14-27-24(29(22)15-19-8-6-5-7-9-19)33(30,31)17-20-10-12-21(25)13-11-20/h5-14,18H,4,15-17H2,1-3H3,(H,26,32). The molecule has 2 aromatic carbocycles. The fourth-order valence-electron chi connectivity index (χ4n) is 3.48. The van der Waals surface area contributed by atoms with Crippen LogP contribution >= 0.6 is 12.2 Å². The van der Waals surface area contributed by atoms with E-state index in [0.717, 1.165) is 11.3 Å². The second-order valence-corrected chi connectivity index (χ2v) is 10.3. The van der Waals surface area contributed by atoms with E-state index in [-0.39, 0.29) is 17.0 Å². The summed E-state index contributed by atoms with van der Waals surface area (Å²) in [6.07, 6.45) is 1.60. The third-order valence-electron chi connectivity index (χ3n) is 5.18. The van der Waals surface area contributed by atoms with Crippen molar-refractivity contribution in [1.82, 2.24) is 19.8 Å². The molecule has 1 aromatic heterocycles. The lowest BCUT2D eigenvalue weighted by atomic mass is 10.2. The highest BCUT2D eigenvalue weighted by Crippen LogP contribution is 2.21. The maximum atomic E-state index is 13.3. The number of sulfone groups is 1. The minimum atomic E-state index is -3.78. The van der Waals surface area contributed by atoms with Crippen molar-refractivity contribution in [3.8, 4) is 0 Å². The van der Waals surface area contributed by atoms with Crippen LogP contribution in [0.25, 0.3) is 0 Å². The molecule has 3 aromatic rings. The third-order valence-corrected chi connectivity index (χ3v) is 7.15. The molecule has 0 aliphatic carbocycles. The van der Waals surface area contributed by atoms with Crippen LogP contribution in [0.15, 0.2) is 66.0 Å². The highest BCUT2D eigenvalue weighted by molar-refractivity contribution is 7.90. The second kappa shape index (κ2) is 10.9. The predicted molar refractivity (Wildman–Crippen MR) is 132 cm³/mol. The van der Waals surface area contributed by atoms with E-state index in [1.807, 2.05) is 56.0 Å². The first-order chi connectivity index (χ1) is 15.7. The SMILES string of the molecule is CCNC(=S)N(Cc1cnc(S(=O)(=O)Cc2ccc(F)cc2)n1Cc1ccccc1)C(C)C. The molecule has 0 atom stereocenters. The Bertz CT molecular complexity index is 1180. The van der Waals surface area contributed by atoms with Crippen molar-refractivity contribution < 1.29 is 12.8 Å². The summed E-state index contributed by atoms with van der Waals surface area (Å²) in [6.45, 7) is 7.51. The van der Waals surface area contributed by atoms with E-state index >= 15 is 0 Å². The van der Waals surface area contributed by atoms with Gasteiger partial charge in [-0.15, -0.1) is 0 Å². The molecule has 0 saturated heterocycles. The van der Waals surface area contributed by atoms with Gasteiger partial charge >= 0.3 is 0 Å². The Labute approximate surface area is 200 Å². The van der Waals surface area contributed by atoms with Gasteiger partial charge in [0.2, 0.25) is 15.0 Å². The first-order valence-electron chi connectivity index (χ1n) is 10.8. The number of hydrogen-bond donors (Lipinski definition) is 1. The summed E-state index contributed by atoms with van der Waals surface area (Å²) in [5.41, 5.74) is 2.20. The van der Waals surface area contributed by atoms with Crippen molar-refractivity contribution >= 4 is 27.2 Å². The van der Waals surface area contributed by atoms with Crippen LogP contribution in [0.2, 0.25) is 0 Å². The zero-order valence-electron chi connectivity index (χ0n) is 19.0. The summed E-state index contributed by atoms with van der Waals surface area (Å²) in [5, 5.41) is 3.77. The molecular formula is C24H29FN4O2S2. The van der Waals surface area contributed by atoms with Gasteiger partial charge in [0.1, 0.15) is 5.82 Å². The number of nitrogens with one attached hydrogen (secondary N) is 1. The van der Waals surface area contributed by atoms with Crippen molar-refractivity contribution in [2.24, 2.45) is 0 Å². The molecule has 176 valence electrons. The smallest absolute Gasteiger partial charge is 0.228 e. The maximum Gasteiger partial charge on any atom is 0.228 e. The van der Waals surface area contributed by atoms with Crippen LogP contribution < -0.4 is 5.32 Å². The Balaban J connectivity index is 2.00. The normalized spacial score (nSPS) is 11.5. The highest BCUT2D eigenvalue weighted by atomic mass is 32.2. The summed E-state index contributed by atoms with van der Waals surface area (Å²) < 4.78 is 41.7. The minimum Gasteiger partial charge on any atom is -0.363 e. The van der Waals surface area contributed by atoms with Crippen molar-refractivity contribution in [2.45, 2.75) is 50.8 Å². The van der Waals surface area contributed by atoms with Gasteiger partial charge < -0.3 is 14.8 Å². The molecule has 0 aliphatic rings. The van der Waals surface area contributed by atoms with Crippen molar-refractivity contribution in [1.29, 1.82) is 0 Å². The number of halogens is 1. The van der Waals surface area contributed by atoms with Gasteiger partial charge in [-0.05, 0) is 56.2 Å². The van der Waals surface area contributed by atoms with E-state index in [9.17, 15) is 12.8 Å². The predicted octanol–water partition coefficient (Wildman–Crippen LogP) is 4.15. The topological polar surface area (TPSA) is 67.2 Å². The van der Waals surface area contributed by atoms with E-state index < -0.39 is 15.7 Å². The molecule has 0 radical (unpaired) electrons. The summed E-state index contributed by atoms with van der Waals surface area (Å²) in [6, 6.07) is 15.2. The Morgan fingerprint density at radius 1 is 1.12 bits per heavy atom. The largest absolute Gasteiger partial charge is 0.363 e. The van der Waals surface area contributed by atoms with Crippen LogP contribution in [0.1, 0.15) is 37.6 Å². The number of rotatable bonds is 9. The quantitative estimate of drug-likeness (QED) is 0.457. The molecule has 0 bridgehead atoms. The fourth-order valence-corrected chi connectivity index (χ4v) is 5.39. The van der Waals surface area contributed by atoms with Gasteiger partial charge in [-0.3, -0.25) is 0 Å². The molecule has 3 rings (SSSR count). The average molecular weight is 489 g/mol. The molecule has 33 heavy (non-hydrogen) atoms. The second-order valence-electron chi connectivity index (χ2n) is 8.05. The van der Waals surface area contributed by atoms with Gasteiger partial charge in [0.05, 0.1) is 30.7 Å². The zero-order chi connectivity index (χ0) is 24.0. The van der Waals surface area contributed by atoms with Crippen molar-refractivity contribution in [2.75, 3.05) is 6.54 Å². The number of hydrogen-bond acceptors (Lipinski definition) is 4. The summed E-state index contributed by atoms with van der Waals surface area (Å²) in [7, 11) is -3.78. The number of benzene rings is 2. The fraction of sp³-hybridized carbons (Fsp3) is 0.333. The van der Waals surface area contributed by atoms with Gasteiger partial charge in [0.25, 0.3) is 0 Å². The van der Waals surface area contributed by atoms with Gasteiger partial charge in [-0.25, -0.2) is 17.8 Å². The third kappa shape index (κ3) is 6.39. The molecular weight excluding hydrogens is 459 g/mol. The summed E-state index contributed by atoms with van der Waals surface area (Å²) in [5.74, 6) is -0.670. The lowest BCUT2D eigenvalue weighted by Gasteiger charge is -2.30. The van der Waals surface area contributed by atoms with E-state index in [0.29, 0.717) is 30.3 Å². The minimum absolute atomic E-state index is 0.0104. The molecule has 6 nitrogen and oxygen atoms in total. The molecule has 1 heterocycles. The molecule has 9 heteroatoms. The molecule has 1 N–H and O–H groups in total. The Kier molecular flexibility index (Phi) is 8.20. The number of thiocarbonyl (C=S) groups is 1. The van der Waals surface area contributed by atoms with Crippen LogP contribution in [0.4, 0.5) is 4.39 Å². The Morgan fingerprint density at radius 2 is 1.79 bits per heavy atom.